The minimum Gasteiger partial charge on any atom is -0.455 e. The molecular formula is C13H8F6O3. The van der Waals surface area contributed by atoms with Crippen molar-refractivity contribution in [1.82, 2.24) is 0 Å². The van der Waals surface area contributed by atoms with Gasteiger partial charge in [-0.2, -0.15) is 26.3 Å². The summed E-state index contributed by atoms with van der Waals surface area (Å²) in [6, 6.07) is 4.95. The zero-order valence-corrected chi connectivity index (χ0v) is 10.7. The van der Waals surface area contributed by atoms with Gasteiger partial charge in [0.05, 0.1) is 0 Å². The molecule has 0 fully saturated rings. The highest BCUT2D eigenvalue weighted by molar-refractivity contribution is 6.16. The van der Waals surface area contributed by atoms with Gasteiger partial charge in [0.15, 0.2) is 12.4 Å². The lowest BCUT2D eigenvalue weighted by atomic mass is 9.83. The highest BCUT2D eigenvalue weighted by atomic mass is 19.4. The molecule has 0 radical (unpaired) electrons. The number of fused-ring (bicyclic) bond motifs is 1. The van der Waals surface area contributed by atoms with Gasteiger partial charge in [-0.15, -0.1) is 0 Å². The Bertz CT molecular complexity index is 619. The van der Waals surface area contributed by atoms with E-state index < -0.39 is 42.5 Å². The molecule has 0 heterocycles. The van der Waals surface area contributed by atoms with Crippen LogP contribution in [-0.4, -0.2) is 30.7 Å². The predicted molar refractivity (Wildman–Crippen MR) is 60.0 cm³/mol. The maximum atomic E-state index is 13.3. The molecular weight excluding hydrogens is 318 g/mol. The second kappa shape index (κ2) is 4.99. The predicted octanol–water partition coefficient (Wildman–Crippen LogP) is 3.08. The number of hydrogen-bond donors (Lipinski definition) is 0. The lowest BCUT2D eigenvalue weighted by Gasteiger charge is -2.27. The number of alkyl halides is 6. The molecule has 0 saturated heterocycles. The van der Waals surface area contributed by atoms with Crippen LogP contribution in [0, 0.1) is 5.41 Å². The normalized spacial score (nSPS) is 21.6. The van der Waals surface area contributed by atoms with Crippen molar-refractivity contribution < 1.29 is 40.7 Å². The Morgan fingerprint density at radius 3 is 2.23 bits per heavy atom. The number of ketones is 1. The van der Waals surface area contributed by atoms with Gasteiger partial charge in [0, 0.05) is 12.0 Å². The quantitative estimate of drug-likeness (QED) is 0.477. The molecule has 0 N–H and O–H groups in total. The summed E-state index contributed by atoms with van der Waals surface area (Å²) < 4.78 is 79.7. The van der Waals surface area contributed by atoms with Crippen LogP contribution in [0.15, 0.2) is 24.3 Å². The minimum atomic E-state index is -5.37. The van der Waals surface area contributed by atoms with E-state index in [-0.39, 0.29) is 11.1 Å². The average Bonchev–Trinajstić information content (AvgIpc) is 2.70. The van der Waals surface area contributed by atoms with E-state index in [9.17, 15) is 35.9 Å². The molecule has 22 heavy (non-hydrogen) atoms. The van der Waals surface area contributed by atoms with Crippen molar-refractivity contribution in [2.45, 2.75) is 18.8 Å². The molecule has 2 rings (SSSR count). The van der Waals surface area contributed by atoms with Gasteiger partial charge >= 0.3 is 18.3 Å². The molecule has 1 aromatic rings. The van der Waals surface area contributed by atoms with Crippen LogP contribution in [0.1, 0.15) is 15.9 Å². The van der Waals surface area contributed by atoms with Gasteiger partial charge < -0.3 is 4.74 Å². The van der Waals surface area contributed by atoms with Crippen molar-refractivity contribution >= 4 is 11.8 Å². The molecule has 0 amide bonds. The Morgan fingerprint density at radius 2 is 1.73 bits per heavy atom. The molecule has 0 aliphatic heterocycles. The fraction of sp³-hybridized carbons (Fsp3) is 0.385. The van der Waals surface area contributed by atoms with E-state index in [1.807, 2.05) is 0 Å². The van der Waals surface area contributed by atoms with Crippen LogP contribution in [0.3, 0.4) is 0 Å². The van der Waals surface area contributed by atoms with Crippen LogP contribution in [0.2, 0.25) is 0 Å². The van der Waals surface area contributed by atoms with Crippen LogP contribution in [-0.2, 0) is 16.0 Å². The number of esters is 1. The Kier molecular flexibility index (Phi) is 3.70. The highest BCUT2D eigenvalue weighted by Crippen LogP contribution is 2.49. The summed E-state index contributed by atoms with van der Waals surface area (Å²) in [7, 11) is 0. The number of carbonyl (C=O) groups is 2. The van der Waals surface area contributed by atoms with Crippen molar-refractivity contribution in [3.63, 3.8) is 0 Å². The molecule has 0 saturated carbocycles. The van der Waals surface area contributed by atoms with Crippen LogP contribution in [0.4, 0.5) is 26.3 Å². The number of halogens is 6. The Morgan fingerprint density at radius 1 is 1.14 bits per heavy atom. The topological polar surface area (TPSA) is 43.4 Å². The maximum absolute atomic E-state index is 13.3. The van der Waals surface area contributed by atoms with E-state index in [4.69, 9.17) is 0 Å². The standard InChI is InChI=1S/C13H8F6O3/c14-12(15,16)6-22-10(21)11(13(17,18)19)5-7-3-1-2-4-8(7)9(11)20/h1-4H,5-6H2/t11-/m0/s1. The molecule has 0 bridgehead atoms. The van der Waals surface area contributed by atoms with Crippen LogP contribution in [0.5, 0.6) is 0 Å². The summed E-state index contributed by atoms with van der Waals surface area (Å²) in [5, 5.41) is 0. The minimum absolute atomic E-state index is 0.0613. The van der Waals surface area contributed by atoms with Gasteiger partial charge in [-0.1, -0.05) is 24.3 Å². The molecule has 0 unspecified atom stereocenters. The molecule has 1 aromatic carbocycles. The van der Waals surface area contributed by atoms with Crippen LogP contribution in [0.25, 0.3) is 0 Å². The lowest BCUT2D eigenvalue weighted by Crippen LogP contribution is -2.51. The summed E-state index contributed by atoms with van der Waals surface area (Å²) in [5.74, 6) is -3.83. The van der Waals surface area contributed by atoms with Gasteiger partial charge in [-0.05, 0) is 5.56 Å². The van der Waals surface area contributed by atoms with Crippen molar-refractivity contribution in [3.05, 3.63) is 35.4 Å². The van der Waals surface area contributed by atoms with Gasteiger partial charge in [0.1, 0.15) is 0 Å². The molecule has 9 heteroatoms. The molecule has 0 spiro atoms. The monoisotopic (exact) mass is 326 g/mol. The van der Waals surface area contributed by atoms with E-state index in [1.54, 1.807) is 0 Å². The van der Waals surface area contributed by atoms with E-state index >= 15 is 0 Å². The Hall–Kier alpha value is -2.06. The summed E-state index contributed by atoms with van der Waals surface area (Å²) in [4.78, 5) is 23.7. The summed E-state index contributed by atoms with van der Waals surface area (Å²) in [5.41, 5.74) is -4.03. The largest absolute Gasteiger partial charge is 0.455 e. The number of hydrogen-bond acceptors (Lipinski definition) is 3. The van der Waals surface area contributed by atoms with E-state index in [1.165, 1.54) is 18.2 Å². The molecule has 0 aromatic heterocycles. The van der Waals surface area contributed by atoms with E-state index in [2.05, 4.69) is 4.74 Å². The highest BCUT2D eigenvalue weighted by Gasteiger charge is 2.69. The fourth-order valence-electron chi connectivity index (χ4n) is 2.27. The first-order chi connectivity index (χ1) is 9.99. The smallest absolute Gasteiger partial charge is 0.422 e. The first-order valence-electron chi connectivity index (χ1n) is 5.92. The number of Topliss-reactive ketones (excluding diaryl/α,β-unsaturated/α-hetero) is 1. The van der Waals surface area contributed by atoms with Crippen LogP contribution >= 0.6 is 0 Å². The van der Waals surface area contributed by atoms with Gasteiger partial charge in [-0.25, -0.2) is 0 Å². The summed E-state index contributed by atoms with van der Waals surface area (Å²) >= 11 is 0. The van der Waals surface area contributed by atoms with Crippen LogP contribution < -0.4 is 0 Å². The van der Waals surface area contributed by atoms with Crippen molar-refractivity contribution in [3.8, 4) is 0 Å². The van der Waals surface area contributed by atoms with Crippen molar-refractivity contribution in [2.24, 2.45) is 5.41 Å². The van der Waals surface area contributed by atoms with E-state index in [0.29, 0.717) is 0 Å². The molecule has 1 aliphatic rings. The molecule has 1 atom stereocenters. The first-order valence-corrected chi connectivity index (χ1v) is 5.92. The van der Waals surface area contributed by atoms with E-state index in [0.717, 1.165) is 6.07 Å². The summed E-state index contributed by atoms with van der Waals surface area (Å²) in [6.45, 7) is -2.19. The van der Waals surface area contributed by atoms with Gasteiger partial charge in [-0.3, -0.25) is 9.59 Å². The number of carbonyl (C=O) groups excluding carboxylic acids is 2. The fourth-order valence-corrected chi connectivity index (χ4v) is 2.27. The molecule has 1 aliphatic carbocycles. The molecule has 3 nitrogen and oxygen atoms in total. The second-order valence-electron chi connectivity index (χ2n) is 4.76. The SMILES string of the molecule is O=C(OCC(F)(F)F)[C@]1(C(F)(F)F)Cc2ccccc2C1=O. The Balaban J connectivity index is 2.41. The number of benzene rings is 1. The number of rotatable bonds is 2. The van der Waals surface area contributed by atoms with Gasteiger partial charge in [0.25, 0.3) is 0 Å². The van der Waals surface area contributed by atoms with Crippen molar-refractivity contribution in [1.29, 1.82) is 0 Å². The van der Waals surface area contributed by atoms with Crippen molar-refractivity contribution in [2.75, 3.05) is 6.61 Å². The zero-order valence-electron chi connectivity index (χ0n) is 10.7. The first kappa shape index (κ1) is 16.3. The maximum Gasteiger partial charge on any atom is 0.422 e. The lowest BCUT2D eigenvalue weighted by molar-refractivity contribution is -0.229. The second-order valence-corrected chi connectivity index (χ2v) is 4.76. The third-order valence-corrected chi connectivity index (χ3v) is 3.30. The Labute approximate surface area is 119 Å². The average molecular weight is 326 g/mol. The van der Waals surface area contributed by atoms with Gasteiger partial charge in [0.2, 0.25) is 5.41 Å². The molecule has 120 valence electrons. The third-order valence-electron chi connectivity index (χ3n) is 3.30. The number of ether oxygens (including phenoxy) is 1. The summed E-state index contributed by atoms with van der Waals surface area (Å²) in [6.07, 6.45) is -11.4. The third kappa shape index (κ3) is 2.55. The zero-order chi connectivity index (χ0) is 16.8.